The lowest BCUT2D eigenvalue weighted by molar-refractivity contribution is 0.0954. The third kappa shape index (κ3) is 3.30. The highest BCUT2D eigenvalue weighted by atomic mass is 16.1. The van der Waals surface area contributed by atoms with Crippen molar-refractivity contribution in [2.75, 3.05) is 6.54 Å². The fraction of sp³-hybridized carbons (Fsp3) is 0.316. The minimum atomic E-state index is -0.0816. The van der Waals surface area contributed by atoms with Crippen molar-refractivity contribution in [3.05, 3.63) is 58.2 Å². The van der Waals surface area contributed by atoms with Gasteiger partial charge in [-0.05, 0) is 63.9 Å². The maximum absolute atomic E-state index is 12.4. The van der Waals surface area contributed by atoms with Crippen molar-refractivity contribution in [3.8, 4) is 0 Å². The lowest BCUT2D eigenvalue weighted by Crippen LogP contribution is -2.25. The Morgan fingerprint density at radius 3 is 2.42 bits per heavy atom. The van der Waals surface area contributed by atoms with Gasteiger partial charge in [-0.15, -0.1) is 0 Å². The van der Waals surface area contributed by atoms with Crippen LogP contribution >= 0.6 is 0 Å². The number of carbonyl (C=O) groups is 1. The van der Waals surface area contributed by atoms with Gasteiger partial charge in [0.2, 0.25) is 0 Å². The minimum Gasteiger partial charge on any atom is -0.362 e. The molecule has 124 valence electrons. The first-order valence-electron chi connectivity index (χ1n) is 8.12. The molecule has 0 bridgehead atoms. The number of aryl methyl sites for hydroxylation is 4. The van der Waals surface area contributed by atoms with E-state index in [1.54, 1.807) is 12.1 Å². The van der Waals surface area contributed by atoms with Crippen LogP contribution in [0.2, 0.25) is 0 Å². The summed E-state index contributed by atoms with van der Waals surface area (Å²) in [5.74, 6) is -0.0816. The van der Waals surface area contributed by atoms with Crippen molar-refractivity contribution in [3.63, 3.8) is 0 Å². The summed E-state index contributed by atoms with van der Waals surface area (Å²) in [7, 11) is 0. The zero-order valence-electron chi connectivity index (χ0n) is 14.5. The Hall–Kier alpha value is -2.69. The molecule has 2 heterocycles. The molecule has 0 aliphatic heterocycles. The summed E-state index contributed by atoms with van der Waals surface area (Å²) in [4.78, 5) is 24.6. The first-order chi connectivity index (χ1) is 11.4. The predicted molar refractivity (Wildman–Crippen MR) is 95.3 cm³/mol. The minimum absolute atomic E-state index is 0.0816. The SMILES string of the molecule is Cc1cc(CCNC(=O)c2ccc3nc(C)c(C)nc3c2)c(C)[nH]1. The highest BCUT2D eigenvalue weighted by molar-refractivity contribution is 5.97. The van der Waals surface area contributed by atoms with Crippen LogP contribution in [0.25, 0.3) is 11.0 Å². The second kappa shape index (κ2) is 6.43. The molecule has 0 spiro atoms. The molecule has 0 saturated carbocycles. The van der Waals surface area contributed by atoms with Gasteiger partial charge < -0.3 is 10.3 Å². The van der Waals surface area contributed by atoms with Crippen LogP contribution < -0.4 is 5.32 Å². The van der Waals surface area contributed by atoms with E-state index < -0.39 is 0 Å². The largest absolute Gasteiger partial charge is 0.362 e. The second-order valence-electron chi connectivity index (χ2n) is 6.21. The molecule has 1 aromatic carbocycles. The monoisotopic (exact) mass is 322 g/mol. The number of carbonyl (C=O) groups excluding carboxylic acids is 1. The van der Waals surface area contributed by atoms with Crippen molar-refractivity contribution in [2.24, 2.45) is 0 Å². The average molecular weight is 322 g/mol. The number of hydrogen-bond donors (Lipinski definition) is 2. The van der Waals surface area contributed by atoms with Gasteiger partial charge in [-0.1, -0.05) is 0 Å². The van der Waals surface area contributed by atoms with Crippen LogP contribution in [0.3, 0.4) is 0 Å². The Bertz CT molecular complexity index is 911. The lowest BCUT2D eigenvalue weighted by Gasteiger charge is -2.07. The van der Waals surface area contributed by atoms with E-state index in [9.17, 15) is 4.79 Å². The van der Waals surface area contributed by atoms with E-state index >= 15 is 0 Å². The summed E-state index contributed by atoms with van der Waals surface area (Å²) < 4.78 is 0. The Kier molecular flexibility index (Phi) is 4.34. The van der Waals surface area contributed by atoms with Crippen LogP contribution in [-0.4, -0.2) is 27.4 Å². The molecule has 0 aliphatic carbocycles. The fourth-order valence-corrected chi connectivity index (χ4v) is 2.83. The highest BCUT2D eigenvalue weighted by Crippen LogP contribution is 2.15. The quantitative estimate of drug-likeness (QED) is 0.775. The number of rotatable bonds is 4. The van der Waals surface area contributed by atoms with Gasteiger partial charge in [0.05, 0.1) is 22.4 Å². The average Bonchev–Trinajstić information content (AvgIpc) is 2.85. The van der Waals surface area contributed by atoms with Gasteiger partial charge in [-0.3, -0.25) is 4.79 Å². The predicted octanol–water partition coefficient (Wildman–Crippen LogP) is 3.16. The zero-order valence-corrected chi connectivity index (χ0v) is 14.5. The number of benzene rings is 1. The number of amides is 1. The number of nitrogens with one attached hydrogen (secondary N) is 2. The first-order valence-corrected chi connectivity index (χ1v) is 8.12. The Balaban J connectivity index is 1.69. The van der Waals surface area contributed by atoms with E-state index in [4.69, 9.17) is 0 Å². The maximum Gasteiger partial charge on any atom is 0.251 e. The van der Waals surface area contributed by atoms with Crippen LogP contribution in [0.4, 0.5) is 0 Å². The van der Waals surface area contributed by atoms with Crippen LogP contribution in [0.5, 0.6) is 0 Å². The molecule has 0 radical (unpaired) electrons. The number of aromatic amines is 1. The molecule has 24 heavy (non-hydrogen) atoms. The van der Waals surface area contributed by atoms with Crippen molar-refractivity contribution < 1.29 is 4.79 Å². The smallest absolute Gasteiger partial charge is 0.251 e. The molecular weight excluding hydrogens is 300 g/mol. The second-order valence-corrected chi connectivity index (χ2v) is 6.21. The number of H-pyrrole nitrogens is 1. The molecule has 0 unspecified atom stereocenters. The van der Waals surface area contributed by atoms with Gasteiger partial charge in [0, 0.05) is 23.5 Å². The van der Waals surface area contributed by atoms with Crippen LogP contribution in [0.15, 0.2) is 24.3 Å². The van der Waals surface area contributed by atoms with Crippen molar-refractivity contribution in [2.45, 2.75) is 34.1 Å². The number of nitrogens with zero attached hydrogens (tertiary/aromatic N) is 2. The van der Waals surface area contributed by atoms with Crippen molar-refractivity contribution in [1.82, 2.24) is 20.3 Å². The Labute approximate surface area is 141 Å². The first kappa shape index (κ1) is 16.2. The van der Waals surface area contributed by atoms with Gasteiger partial charge >= 0.3 is 0 Å². The maximum atomic E-state index is 12.4. The van der Waals surface area contributed by atoms with Gasteiger partial charge in [-0.2, -0.15) is 0 Å². The van der Waals surface area contributed by atoms with Gasteiger partial charge in [-0.25, -0.2) is 9.97 Å². The van der Waals surface area contributed by atoms with E-state index in [0.717, 1.165) is 40.2 Å². The molecule has 2 aromatic heterocycles. The summed E-state index contributed by atoms with van der Waals surface area (Å²) in [5.41, 5.74) is 7.53. The molecule has 5 heteroatoms. The summed E-state index contributed by atoms with van der Waals surface area (Å²) in [6.07, 6.45) is 0.813. The molecule has 0 fully saturated rings. The van der Waals surface area contributed by atoms with Crippen LogP contribution in [0.1, 0.15) is 38.7 Å². The normalized spacial score (nSPS) is 11.0. The number of hydrogen-bond acceptors (Lipinski definition) is 3. The molecule has 0 aliphatic rings. The van der Waals surface area contributed by atoms with Crippen LogP contribution in [-0.2, 0) is 6.42 Å². The summed E-state index contributed by atoms with van der Waals surface area (Å²) in [6.45, 7) is 8.56. The molecule has 0 atom stereocenters. The lowest BCUT2D eigenvalue weighted by atomic mass is 10.1. The van der Waals surface area contributed by atoms with E-state index in [0.29, 0.717) is 12.1 Å². The summed E-state index contributed by atoms with van der Waals surface area (Å²) in [5, 5.41) is 2.97. The summed E-state index contributed by atoms with van der Waals surface area (Å²) >= 11 is 0. The van der Waals surface area contributed by atoms with Crippen molar-refractivity contribution in [1.29, 1.82) is 0 Å². The molecule has 1 amide bonds. The Morgan fingerprint density at radius 2 is 1.75 bits per heavy atom. The molecule has 2 N–H and O–H groups in total. The van der Waals surface area contributed by atoms with E-state index in [1.165, 1.54) is 5.56 Å². The van der Waals surface area contributed by atoms with Crippen molar-refractivity contribution >= 4 is 16.9 Å². The topological polar surface area (TPSA) is 70.7 Å². The van der Waals surface area contributed by atoms with Crippen LogP contribution in [0, 0.1) is 27.7 Å². The van der Waals surface area contributed by atoms with Gasteiger partial charge in [0.25, 0.3) is 5.91 Å². The standard InChI is InChI=1S/C19H22N4O/c1-11-9-15(14(4)21-11)7-8-20-19(24)16-5-6-17-18(10-16)23-13(3)12(2)22-17/h5-6,9-10,21H,7-8H2,1-4H3,(H,20,24). The molecular formula is C19H22N4O. The molecule has 5 nitrogen and oxygen atoms in total. The zero-order chi connectivity index (χ0) is 17.3. The van der Waals surface area contributed by atoms with E-state index in [2.05, 4.69) is 33.3 Å². The van der Waals surface area contributed by atoms with Gasteiger partial charge in [0.15, 0.2) is 0 Å². The number of aromatic nitrogens is 3. The van der Waals surface area contributed by atoms with Gasteiger partial charge in [0.1, 0.15) is 0 Å². The highest BCUT2D eigenvalue weighted by Gasteiger charge is 2.09. The third-order valence-corrected chi connectivity index (χ3v) is 4.27. The van der Waals surface area contributed by atoms with E-state index in [1.807, 2.05) is 26.8 Å². The molecule has 0 saturated heterocycles. The number of fused-ring (bicyclic) bond motifs is 1. The Morgan fingerprint density at radius 1 is 1.04 bits per heavy atom. The molecule has 3 rings (SSSR count). The molecule has 3 aromatic rings. The van der Waals surface area contributed by atoms with E-state index in [-0.39, 0.29) is 5.91 Å². The fourth-order valence-electron chi connectivity index (χ4n) is 2.83. The summed E-state index contributed by atoms with van der Waals surface area (Å²) in [6, 6.07) is 7.57. The third-order valence-electron chi connectivity index (χ3n) is 4.27.